The van der Waals surface area contributed by atoms with Gasteiger partial charge in [0, 0.05) is 43.5 Å². The minimum Gasteiger partial charge on any atom is -0.457 e. The summed E-state index contributed by atoms with van der Waals surface area (Å²) in [6.07, 6.45) is 16.6. The van der Waals surface area contributed by atoms with Gasteiger partial charge in [0.25, 0.3) is 0 Å². The van der Waals surface area contributed by atoms with E-state index >= 15 is 0 Å². The number of rotatable bonds is 14. The number of carbonyl (C=O) groups excluding carboxylic acids is 2. The van der Waals surface area contributed by atoms with E-state index in [0.29, 0.717) is 38.2 Å². The summed E-state index contributed by atoms with van der Waals surface area (Å²) < 4.78 is 10.5. The van der Waals surface area contributed by atoms with Crippen LogP contribution >= 0.6 is 0 Å². The average molecular weight is 445 g/mol. The third kappa shape index (κ3) is 11.9. The van der Waals surface area contributed by atoms with Gasteiger partial charge in [-0.05, 0) is 36.1 Å². The lowest BCUT2D eigenvalue weighted by Gasteiger charge is -2.08. The molecule has 1 aliphatic heterocycles. The van der Waals surface area contributed by atoms with Crippen LogP contribution in [0.3, 0.4) is 0 Å². The zero-order chi connectivity index (χ0) is 22.9. The van der Waals surface area contributed by atoms with Gasteiger partial charge in [-0.25, -0.2) is 4.79 Å². The van der Waals surface area contributed by atoms with E-state index < -0.39 is 0 Å². The lowest BCUT2D eigenvalue weighted by molar-refractivity contribution is -0.142. The predicted octanol–water partition coefficient (Wildman–Crippen LogP) is 4.09. The summed E-state index contributed by atoms with van der Waals surface area (Å²) in [5.74, 6) is -0.447. The van der Waals surface area contributed by atoms with Gasteiger partial charge in [-0.1, -0.05) is 44.0 Å². The molecule has 1 rings (SSSR count). The maximum Gasteiger partial charge on any atom is 0.330 e. The Kier molecular flexibility index (Phi) is 15.8. The Labute approximate surface area is 189 Å². The molecule has 1 aliphatic rings. The van der Waals surface area contributed by atoms with Crippen molar-refractivity contribution in [2.75, 3.05) is 19.8 Å². The maximum atomic E-state index is 12.4. The second-order valence-electron chi connectivity index (χ2n) is 6.70. The molecular weight excluding hydrogens is 411 g/mol. The molecule has 174 valence electrons. The van der Waals surface area contributed by atoms with E-state index in [0.717, 1.165) is 17.6 Å². The van der Waals surface area contributed by atoms with Crippen molar-refractivity contribution in [2.24, 2.45) is 10.7 Å². The minimum absolute atomic E-state index is 0. The highest BCUT2D eigenvalue weighted by molar-refractivity contribution is 5.99. The molecule has 1 unspecified atom stereocenters. The molecule has 6 nitrogen and oxygen atoms in total. The highest BCUT2D eigenvalue weighted by Gasteiger charge is 2.18. The van der Waals surface area contributed by atoms with Crippen molar-refractivity contribution in [3.8, 4) is 0 Å². The molecule has 1 fully saturated rings. The molecule has 0 aromatic carbocycles. The van der Waals surface area contributed by atoms with Crippen molar-refractivity contribution < 1.29 is 23.8 Å². The molecule has 0 radical (unpaired) electrons. The first-order chi connectivity index (χ1) is 15.0. The van der Waals surface area contributed by atoms with Crippen molar-refractivity contribution in [2.45, 2.75) is 31.8 Å². The third-order valence-corrected chi connectivity index (χ3v) is 4.35. The number of esters is 1. The number of nitrogens with two attached hydrogens (primary N) is 1. The molecule has 32 heavy (non-hydrogen) atoms. The normalized spacial score (nSPS) is 17.0. The van der Waals surface area contributed by atoms with Crippen LogP contribution in [0.15, 0.2) is 90.2 Å². The molecule has 0 saturated carbocycles. The van der Waals surface area contributed by atoms with E-state index in [9.17, 15) is 9.59 Å². The van der Waals surface area contributed by atoms with Crippen molar-refractivity contribution in [3.05, 3.63) is 85.2 Å². The minimum atomic E-state index is -0.371. The lowest BCUT2D eigenvalue weighted by atomic mass is 9.97. The Hall–Kier alpha value is -3.16. The van der Waals surface area contributed by atoms with Gasteiger partial charge in [-0.3, -0.25) is 14.5 Å². The van der Waals surface area contributed by atoms with Crippen molar-refractivity contribution >= 4 is 18.0 Å². The van der Waals surface area contributed by atoms with E-state index in [1.807, 2.05) is 6.08 Å². The highest BCUT2D eigenvalue weighted by atomic mass is 19.0. The average Bonchev–Trinajstić information content (AvgIpc) is 3.26. The molecule has 0 aromatic rings. The Morgan fingerprint density at radius 2 is 2.00 bits per heavy atom. The molecule has 0 aliphatic carbocycles. The first kappa shape index (κ1) is 28.8. The van der Waals surface area contributed by atoms with Gasteiger partial charge < -0.3 is 15.2 Å². The predicted molar refractivity (Wildman–Crippen MR) is 128 cm³/mol. The summed E-state index contributed by atoms with van der Waals surface area (Å²) >= 11 is 0. The number of hydrogen-bond acceptors (Lipinski definition) is 6. The number of allylic oxidation sites excluding steroid dienone is 8. The summed E-state index contributed by atoms with van der Waals surface area (Å²) in [6, 6.07) is 0. The topological polar surface area (TPSA) is 91.0 Å². The van der Waals surface area contributed by atoms with Crippen molar-refractivity contribution in [1.29, 1.82) is 0 Å². The van der Waals surface area contributed by atoms with E-state index in [4.69, 9.17) is 15.2 Å². The number of aliphatic imine (C=N–C) groups is 1. The Balaban J connectivity index is 0.00000961. The maximum absolute atomic E-state index is 12.4. The number of carbonyl (C=O) groups is 2. The van der Waals surface area contributed by atoms with Gasteiger partial charge in [0.2, 0.25) is 0 Å². The number of halogens is 1. The van der Waals surface area contributed by atoms with Crippen molar-refractivity contribution in [1.82, 2.24) is 0 Å². The van der Waals surface area contributed by atoms with Gasteiger partial charge in [0.1, 0.15) is 6.10 Å². The third-order valence-electron chi connectivity index (χ3n) is 4.35. The van der Waals surface area contributed by atoms with Crippen LogP contribution < -0.4 is 5.73 Å². The summed E-state index contributed by atoms with van der Waals surface area (Å²) in [5, 5.41) is 0. The standard InChI is InChI=1S/C25H32N2O4.FH/c1-4-21(24(28)11-8-9-16-27-5-2)18-22(13-15-26)20(3)10-6-7-12-25(29)31-23-14-17-30-19-23;/h4-5,7-9,12-13,16,18,23H,1-3,6,10-11,14-15,17,19,26H2;1H/b9-8+,12-7+,21-18+,22-13-,27-16?;. The number of Topliss-reactive ketones (excluding diaryl/α,β-unsaturated/α-hetero) is 1. The van der Waals surface area contributed by atoms with Gasteiger partial charge >= 0.3 is 5.97 Å². The van der Waals surface area contributed by atoms with Crippen LogP contribution in [0.2, 0.25) is 0 Å². The number of ketones is 1. The van der Waals surface area contributed by atoms with E-state index in [2.05, 4.69) is 24.7 Å². The monoisotopic (exact) mass is 444 g/mol. The molecule has 7 heteroatoms. The van der Waals surface area contributed by atoms with Gasteiger partial charge in [0.15, 0.2) is 5.78 Å². The van der Waals surface area contributed by atoms with Crippen LogP contribution in [-0.2, 0) is 19.1 Å². The molecule has 1 atom stereocenters. The fraction of sp³-hybridized carbons (Fsp3) is 0.320. The number of ether oxygens (including phenoxy) is 2. The van der Waals surface area contributed by atoms with Crippen LogP contribution in [0.1, 0.15) is 25.7 Å². The zero-order valence-corrected chi connectivity index (χ0v) is 18.4. The summed E-state index contributed by atoms with van der Waals surface area (Å²) in [7, 11) is 0. The van der Waals surface area contributed by atoms with E-state index in [1.54, 1.807) is 30.5 Å². The zero-order valence-electron chi connectivity index (χ0n) is 18.4. The van der Waals surface area contributed by atoms with Crippen LogP contribution in [0.4, 0.5) is 4.70 Å². The van der Waals surface area contributed by atoms with E-state index in [1.165, 1.54) is 18.4 Å². The largest absolute Gasteiger partial charge is 0.457 e. The fourth-order valence-electron chi connectivity index (χ4n) is 2.71. The van der Waals surface area contributed by atoms with Crippen LogP contribution in [0, 0.1) is 0 Å². The molecule has 0 amide bonds. The highest BCUT2D eigenvalue weighted by Crippen LogP contribution is 2.19. The summed E-state index contributed by atoms with van der Waals surface area (Å²) in [6.45, 7) is 12.7. The summed E-state index contributed by atoms with van der Waals surface area (Å²) in [5.41, 5.74) is 7.75. The first-order valence-corrected chi connectivity index (χ1v) is 10.2. The lowest BCUT2D eigenvalue weighted by Crippen LogP contribution is -2.16. The Morgan fingerprint density at radius 1 is 1.22 bits per heavy atom. The second kappa shape index (κ2) is 17.5. The molecule has 0 aromatic heterocycles. The molecule has 2 N–H and O–H groups in total. The molecular formula is C25H33FN2O4. The first-order valence-electron chi connectivity index (χ1n) is 10.2. The molecule has 0 spiro atoms. The number of hydrogen-bond donors (Lipinski definition) is 1. The fourth-order valence-corrected chi connectivity index (χ4v) is 2.71. The van der Waals surface area contributed by atoms with Crippen LogP contribution in [0.25, 0.3) is 0 Å². The van der Waals surface area contributed by atoms with Gasteiger partial charge in [-0.15, -0.1) is 0 Å². The SMILES string of the molecule is C=CN=C/C=C/CC(=O)/C(C=C)=C/C(=C/CN)C(=C)CC/C=C/C(=O)OC1CCOC1.F. The van der Waals surface area contributed by atoms with Crippen LogP contribution in [-0.4, -0.2) is 43.8 Å². The quantitative estimate of drug-likeness (QED) is 0.189. The van der Waals surface area contributed by atoms with Gasteiger partial charge in [0.05, 0.1) is 13.2 Å². The Morgan fingerprint density at radius 3 is 2.62 bits per heavy atom. The molecule has 0 bridgehead atoms. The smallest absolute Gasteiger partial charge is 0.330 e. The van der Waals surface area contributed by atoms with E-state index in [-0.39, 0.29) is 29.0 Å². The number of nitrogens with zero attached hydrogens (tertiary/aromatic N) is 1. The van der Waals surface area contributed by atoms with Crippen molar-refractivity contribution in [3.63, 3.8) is 0 Å². The molecule has 1 heterocycles. The van der Waals surface area contributed by atoms with Gasteiger partial charge in [-0.2, -0.15) is 0 Å². The second-order valence-corrected chi connectivity index (χ2v) is 6.70. The van der Waals surface area contributed by atoms with Crippen LogP contribution in [0.5, 0.6) is 0 Å². The summed E-state index contributed by atoms with van der Waals surface area (Å²) in [4.78, 5) is 28.1. The Bertz CT molecular complexity index is 801. The molecule has 1 saturated heterocycles.